The number of piperidine rings is 1. The lowest BCUT2D eigenvalue weighted by Crippen LogP contribution is -2.30. The van der Waals surface area contributed by atoms with Crippen LogP contribution in [0.1, 0.15) is 164 Å². The van der Waals surface area contributed by atoms with Crippen molar-refractivity contribution >= 4 is 88.1 Å². The number of hydrogen-bond acceptors (Lipinski definition) is 21. The van der Waals surface area contributed by atoms with Gasteiger partial charge in [-0.1, -0.05) is 153 Å². The van der Waals surface area contributed by atoms with Crippen LogP contribution in [0, 0.1) is 0 Å². The fourth-order valence-corrected chi connectivity index (χ4v) is 15.1. The fraction of sp³-hybridized carbons (Fsp3) is 0.255. The molecular weight excluding hydrogens is 1530 g/mol. The zero-order valence-electron chi connectivity index (χ0n) is 71.1. The monoisotopic (exact) mass is 1640 g/mol. The molecule has 4 aromatic heterocycles. The molecule has 17 rings (SSSR count). The number of fused-ring (bicyclic) bond motifs is 4. The number of rotatable bonds is 32. The summed E-state index contributed by atoms with van der Waals surface area (Å²) < 4.78 is 28.9. The number of nitrogens with zero attached hydrogens (tertiary/aromatic N) is 9. The third-order valence-corrected chi connectivity index (χ3v) is 21.3. The number of methoxy groups -OCH3 is 1. The van der Waals surface area contributed by atoms with Gasteiger partial charge in [-0.2, -0.15) is 19.9 Å². The van der Waals surface area contributed by atoms with Crippen LogP contribution in [0.15, 0.2) is 248 Å². The van der Waals surface area contributed by atoms with E-state index in [0.717, 1.165) is 120 Å². The van der Waals surface area contributed by atoms with Crippen molar-refractivity contribution in [1.82, 2.24) is 50.1 Å². The molecule has 8 aromatic carbocycles. The van der Waals surface area contributed by atoms with Crippen LogP contribution in [0.4, 0.5) is 46.5 Å². The molecule has 0 unspecified atom stereocenters. The molecule has 626 valence electrons. The quantitative estimate of drug-likeness (QED) is 0.0194. The lowest BCUT2D eigenvalue weighted by Gasteiger charge is -2.26. The van der Waals surface area contributed by atoms with E-state index in [1.807, 2.05) is 122 Å². The number of aryl methyl sites for hydroxylation is 2. The maximum Gasteiger partial charge on any atom is 0.230 e. The van der Waals surface area contributed by atoms with Crippen molar-refractivity contribution in [1.29, 1.82) is 0 Å². The second kappa shape index (κ2) is 42.5. The highest BCUT2D eigenvalue weighted by Gasteiger charge is 2.19. The largest absolute Gasteiger partial charge is 0.439 e. The van der Waals surface area contributed by atoms with E-state index in [0.29, 0.717) is 85.3 Å². The van der Waals surface area contributed by atoms with E-state index in [1.54, 1.807) is 56.2 Å². The molecule has 0 bridgehead atoms. The molecule has 1 fully saturated rings. The van der Waals surface area contributed by atoms with Crippen LogP contribution in [0.5, 0.6) is 46.5 Å². The molecule has 0 amide bonds. The summed E-state index contributed by atoms with van der Waals surface area (Å²) in [5.74, 6) is 7.32. The second-order valence-electron chi connectivity index (χ2n) is 31.4. The standard InChI is InChI=1S/C29H32N4O2.C25H26N4O2.C25H25N3O2.C23H23N3O/c1-21-17-22-10-11-26(20-24(22)18-21)35-28-12-13-30-29(32-28)31-25-8-5-7-23(19-25)27(34)9-6-16-33-14-3-2-4-15-33;1-17-13-20-7-8-23(16-21(20)14-17)31-24-9-10-27-25(29-24)28-22-6-4-5-19(15-22)18(2)26-11-12-30-3;1-3-22(29)9-7-18-5-4-6-21(15-18)27-25-26-12-11-24(28-25)30-23-10-8-19-13-17(2)14-20(19)16-23;1-3-4-17-5-8-20(9-6-17)25-23-24-12-11-22(26-23)27-21-10-7-18-13-16(2)14-19(18)15-21/h5,7-8,10-13,18-20H,2-4,6,9,14-17H2,1H3,(H,30,31,32);4-10,14-16,26H,2,11-13H2,1,3H3,(H,27,28,29);4-6,8,10-12,14-16H,3,7,9,13H2,1-2H3,(H,26,27,28);5-12,14-15H,3-4,13H2,1-2H3,(H,24,25,26). The number of anilines is 8. The molecule has 0 spiro atoms. The van der Waals surface area contributed by atoms with Crippen LogP contribution in [-0.4, -0.2) is 96.2 Å². The Balaban J connectivity index is 0.000000134. The molecule has 1 saturated heterocycles. The summed E-state index contributed by atoms with van der Waals surface area (Å²) in [7, 11) is 1.68. The van der Waals surface area contributed by atoms with Gasteiger partial charge in [0.05, 0.1) is 6.61 Å². The number of ketones is 2. The SMILES string of the molecule is C=C(NCCOC)c1cccc(Nc2nccc(Oc3ccc4c(c3)C=C(C)C4)n2)c1.CC1=Cc2cc(Oc3ccnc(Nc4cccc(C(=O)CCCN5CCCCC5)c4)n3)ccc2C1.CCC(=O)CCc1cccc(Nc2nccc(Oc3ccc4c(c3)C=C(C)C4)n2)c1.CCCc1ccc(Nc2nccc(Oc3ccc4c(c3)C=C(C)C4)n2)cc1. The first-order valence-corrected chi connectivity index (χ1v) is 42.4. The van der Waals surface area contributed by atoms with Crippen molar-refractivity contribution in [2.24, 2.45) is 0 Å². The van der Waals surface area contributed by atoms with Gasteiger partial charge in [0.2, 0.25) is 47.3 Å². The number of ether oxygens (including phenoxy) is 5. The molecule has 5 aliphatic rings. The fourth-order valence-electron chi connectivity index (χ4n) is 15.1. The molecule has 0 atom stereocenters. The summed E-state index contributed by atoms with van der Waals surface area (Å²) in [5, 5.41) is 16.1. The second-order valence-corrected chi connectivity index (χ2v) is 31.4. The number of nitrogens with one attached hydrogen (secondary N) is 5. The molecule has 0 radical (unpaired) electrons. The predicted octanol–water partition coefficient (Wildman–Crippen LogP) is 23.4. The van der Waals surface area contributed by atoms with Gasteiger partial charge >= 0.3 is 0 Å². The summed E-state index contributed by atoms with van der Waals surface area (Å²) in [5.41, 5.74) is 24.1. The number of carbonyl (C=O) groups excluding carboxylic acids is 2. The average Bonchev–Trinajstić information content (AvgIpc) is 1.73. The van der Waals surface area contributed by atoms with E-state index >= 15 is 0 Å². The summed E-state index contributed by atoms with van der Waals surface area (Å²) in [6, 6.07) is 63.3. The van der Waals surface area contributed by atoms with Crippen molar-refractivity contribution in [3.63, 3.8) is 0 Å². The molecule has 21 nitrogen and oxygen atoms in total. The highest BCUT2D eigenvalue weighted by Crippen LogP contribution is 2.36. The third-order valence-electron chi connectivity index (χ3n) is 21.3. The van der Waals surface area contributed by atoms with E-state index in [1.165, 1.54) is 105 Å². The van der Waals surface area contributed by atoms with Crippen molar-refractivity contribution < 1.29 is 33.3 Å². The van der Waals surface area contributed by atoms with E-state index < -0.39 is 0 Å². The van der Waals surface area contributed by atoms with Crippen LogP contribution < -0.4 is 45.5 Å². The van der Waals surface area contributed by atoms with Gasteiger partial charge in [-0.05, 0) is 263 Å². The number of likely N-dealkylation sites (tertiary alicyclic amines) is 1. The number of hydrogen-bond donors (Lipinski definition) is 5. The number of benzene rings is 8. The molecular formula is C102H106N14O7. The van der Waals surface area contributed by atoms with Crippen LogP contribution >= 0.6 is 0 Å². The Morgan fingerprint density at radius 3 is 1.25 bits per heavy atom. The Bertz CT molecular complexity index is 5860. The molecule has 5 N–H and O–H groups in total. The zero-order chi connectivity index (χ0) is 85.2. The van der Waals surface area contributed by atoms with Crippen molar-refractivity contribution in [3.05, 3.63) is 315 Å². The van der Waals surface area contributed by atoms with Crippen molar-refractivity contribution in [3.8, 4) is 46.5 Å². The molecule has 5 heterocycles. The number of aromatic nitrogens is 8. The van der Waals surface area contributed by atoms with E-state index in [-0.39, 0.29) is 11.6 Å². The van der Waals surface area contributed by atoms with Crippen LogP contribution in [0.2, 0.25) is 0 Å². The van der Waals surface area contributed by atoms with Gasteiger partial charge in [-0.15, -0.1) is 0 Å². The lowest BCUT2D eigenvalue weighted by atomic mass is 10.0. The Kier molecular flexibility index (Phi) is 29.6. The van der Waals surface area contributed by atoms with Crippen LogP contribution in [0.3, 0.4) is 0 Å². The zero-order valence-corrected chi connectivity index (χ0v) is 71.1. The summed E-state index contributed by atoms with van der Waals surface area (Å²) >= 11 is 0. The normalized spacial score (nSPS) is 13.2. The first kappa shape index (κ1) is 85.7. The van der Waals surface area contributed by atoms with Gasteiger partial charge in [0.15, 0.2) is 5.78 Å². The number of allylic oxidation sites excluding steroid dienone is 4. The lowest BCUT2D eigenvalue weighted by molar-refractivity contribution is -0.118. The summed E-state index contributed by atoms with van der Waals surface area (Å²) in [6.45, 7) is 21.4. The first-order chi connectivity index (χ1) is 60.0. The minimum Gasteiger partial charge on any atom is -0.439 e. The minimum atomic E-state index is 0.171. The number of Topliss-reactive ketones (excluding diaryl/α,β-unsaturated/α-hetero) is 2. The molecule has 4 aliphatic carbocycles. The Hall–Kier alpha value is -13.8. The van der Waals surface area contributed by atoms with Gasteiger partial charge in [0.25, 0.3) is 0 Å². The van der Waals surface area contributed by atoms with Gasteiger partial charge in [-0.3, -0.25) is 9.59 Å². The molecule has 123 heavy (non-hydrogen) atoms. The summed E-state index contributed by atoms with van der Waals surface area (Å²) in [6.07, 6.45) is 29.0. The molecule has 12 aromatic rings. The minimum absolute atomic E-state index is 0.171. The van der Waals surface area contributed by atoms with Crippen LogP contribution in [-0.2, 0) is 48.1 Å². The molecule has 21 heteroatoms. The molecule has 1 aliphatic heterocycles. The smallest absolute Gasteiger partial charge is 0.230 e. The Morgan fingerprint density at radius 1 is 0.423 bits per heavy atom. The maximum atomic E-state index is 12.7. The third kappa shape index (κ3) is 25.4. The van der Waals surface area contributed by atoms with E-state index in [2.05, 4.69) is 191 Å². The first-order valence-electron chi connectivity index (χ1n) is 42.4. The highest BCUT2D eigenvalue weighted by molar-refractivity contribution is 5.97. The highest BCUT2D eigenvalue weighted by atomic mass is 16.5. The topological polar surface area (TPSA) is 247 Å². The average molecular weight is 1640 g/mol. The Labute approximate surface area is 721 Å². The van der Waals surface area contributed by atoms with Crippen molar-refractivity contribution in [2.75, 3.05) is 61.2 Å². The molecule has 0 saturated carbocycles. The van der Waals surface area contributed by atoms with Gasteiger partial charge in [0.1, 0.15) is 28.8 Å². The van der Waals surface area contributed by atoms with Crippen molar-refractivity contribution in [2.45, 2.75) is 131 Å². The Morgan fingerprint density at radius 2 is 0.829 bits per heavy atom. The van der Waals surface area contributed by atoms with Gasteiger partial charge in [0, 0.05) is 116 Å². The number of carbonyl (C=O) groups is 2. The van der Waals surface area contributed by atoms with E-state index in [9.17, 15) is 9.59 Å². The predicted molar refractivity (Wildman–Crippen MR) is 493 cm³/mol. The van der Waals surface area contributed by atoms with Gasteiger partial charge in [-0.25, -0.2) is 19.9 Å². The van der Waals surface area contributed by atoms with Crippen LogP contribution in [0.25, 0.3) is 30.0 Å². The van der Waals surface area contributed by atoms with E-state index in [4.69, 9.17) is 23.7 Å². The van der Waals surface area contributed by atoms with Gasteiger partial charge < -0.3 is 55.2 Å². The maximum absolute atomic E-state index is 12.7. The summed E-state index contributed by atoms with van der Waals surface area (Å²) in [4.78, 5) is 61.9.